The number of carbonyl (C=O) groups is 1. The molecule has 0 spiro atoms. The second-order valence-electron chi connectivity index (χ2n) is 8.73. The van der Waals surface area contributed by atoms with Crippen LogP contribution in [0.3, 0.4) is 0 Å². The molecule has 1 aliphatic carbocycles. The number of nitrogens with one attached hydrogen (secondary N) is 1. The van der Waals surface area contributed by atoms with Crippen molar-refractivity contribution >= 4 is 16.8 Å². The third-order valence-corrected chi connectivity index (χ3v) is 6.53. The predicted molar refractivity (Wildman–Crippen MR) is 118 cm³/mol. The Morgan fingerprint density at radius 1 is 1.06 bits per heavy atom. The lowest BCUT2D eigenvalue weighted by molar-refractivity contribution is -0.131. The summed E-state index contributed by atoms with van der Waals surface area (Å²) in [6.07, 6.45) is 6.86. The molecular weight excluding hydrogens is 388 g/mol. The number of hydrogen-bond acceptors (Lipinski definition) is 4. The molecule has 1 saturated carbocycles. The molecule has 6 rings (SSSR count). The van der Waals surface area contributed by atoms with E-state index in [0.29, 0.717) is 17.7 Å². The van der Waals surface area contributed by atoms with Crippen LogP contribution in [0.5, 0.6) is 0 Å². The monoisotopic (exact) mass is 412 g/mol. The molecule has 2 aliphatic rings. The molecule has 1 aliphatic heterocycles. The van der Waals surface area contributed by atoms with E-state index in [4.69, 9.17) is 0 Å². The van der Waals surface area contributed by atoms with Crippen molar-refractivity contribution in [2.75, 3.05) is 13.1 Å². The number of hydrogen-bond donors (Lipinski definition) is 1. The second-order valence-corrected chi connectivity index (χ2v) is 8.73. The van der Waals surface area contributed by atoms with E-state index in [9.17, 15) is 4.79 Å². The minimum atomic E-state index is 0.302. The maximum absolute atomic E-state index is 12.3. The highest BCUT2D eigenvalue weighted by Crippen LogP contribution is 2.33. The van der Waals surface area contributed by atoms with E-state index in [2.05, 4.69) is 60.2 Å². The molecule has 7 nitrogen and oxygen atoms in total. The van der Waals surface area contributed by atoms with Crippen molar-refractivity contribution in [2.24, 2.45) is 11.8 Å². The van der Waals surface area contributed by atoms with E-state index in [1.165, 1.54) is 0 Å². The van der Waals surface area contributed by atoms with E-state index >= 15 is 0 Å². The smallest absolute Gasteiger partial charge is 0.225 e. The fraction of sp³-hybridized carbons (Fsp3) is 0.333. The molecule has 0 radical (unpaired) electrons. The molecule has 1 atom stereocenters. The van der Waals surface area contributed by atoms with E-state index in [1.54, 1.807) is 6.33 Å². The summed E-state index contributed by atoms with van der Waals surface area (Å²) in [5, 5.41) is 16.9. The summed E-state index contributed by atoms with van der Waals surface area (Å²) < 4.78 is 2.13. The average Bonchev–Trinajstić information content (AvgIpc) is 3.17. The van der Waals surface area contributed by atoms with Crippen LogP contribution in [0.15, 0.2) is 55.0 Å². The molecule has 7 heteroatoms. The van der Waals surface area contributed by atoms with Crippen LogP contribution in [0.2, 0.25) is 0 Å². The lowest BCUT2D eigenvalue weighted by Gasteiger charge is -2.17. The van der Waals surface area contributed by atoms with E-state index < -0.39 is 0 Å². The molecule has 156 valence electrons. The number of fused-ring (bicyclic) bond motifs is 1. The Balaban J connectivity index is 1.20. The van der Waals surface area contributed by atoms with Crippen molar-refractivity contribution in [3.63, 3.8) is 0 Å². The zero-order chi connectivity index (χ0) is 20.8. The molecule has 1 N–H and O–H groups in total. The van der Waals surface area contributed by atoms with Crippen molar-refractivity contribution in [2.45, 2.75) is 25.8 Å². The van der Waals surface area contributed by atoms with Crippen molar-refractivity contribution in [1.29, 1.82) is 0 Å². The molecule has 4 aromatic rings. The molecule has 0 unspecified atom stereocenters. The van der Waals surface area contributed by atoms with Gasteiger partial charge in [-0.25, -0.2) is 0 Å². The molecule has 2 fully saturated rings. The first-order chi connectivity index (χ1) is 15.3. The average molecular weight is 412 g/mol. The Labute approximate surface area is 180 Å². The number of benzene rings is 2. The van der Waals surface area contributed by atoms with Gasteiger partial charge in [-0.05, 0) is 42.4 Å². The number of H-pyrrole nitrogens is 1. The Hall–Kier alpha value is -3.48. The topological polar surface area (TPSA) is 79.7 Å². The molecule has 2 aromatic carbocycles. The van der Waals surface area contributed by atoms with Gasteiger partial charge in [0, 0.05) is 36.5 Å². The van der Waals surface area contributed by atoms with Crippen molar-refractivity contribution in [3.8, 4) is 22.5 Å². The van der Waals surface area contributed by atoms with Crippen LogP contribution in [-0.2, 0) is 11.3 Å². The number of nitrogens with zero attached hydrogens (tertiary/aromatic N) is 5. The Bertz CT molecular complexity index is 1240. The first kappa shape index (κ1) is 18.3. The van der Waals surface area contributed by atoms with Crippen LogP contribution >= 0.6 is 0 Å². The lowest BCUT2D eigenvalue weighted by Crippen LogP contribution is -2.30. The summed E-state index contributed by atoms with van der Waals surface area (Å²) in [6, 6.07) is 14.6. The van der Waals surface area contributed by atoms with Crippen LogP contribution in [-0.4, -0.2) is 48.9 Å². The summed E-state index contributed by atoms with van der Waals surface area (Å²) in [5.41, 5.74) is 4.38. The molecule has 31 heavy (non-hydrogen) atoms. The number of aromatic nitrogens is 5. The number of carbonyl (C=O) groups excluding carboxylic acids is 1. The van der Waals surface area contributed by atoms with Crippen LogP contribution in [0.4, 0.5) is 0 Å². The lowest BCUT2D eigenvalue weighted by atomic mass is 10.0. The maximum Gasteiger partial charge on any atom is 0.225 e. The highest BCUT2D eigenvalue weighted by Gasteiger charge is 2.36. The first-order valence-electron chi connectivity index (χ1n) is 11.0. The van der Waals surface area contributed by atoms with Crippen LogP contribution in [0.25, 0.3) is 33.4 Å². The fourth-order valence-corrected chi connectivity index (χ4v) is 4.68. The quantitative estimate of drug-likeness (QED) is 0.541. The molecule has 0 bridgehead atoms. The van der Waals surface area contributed by atoms with Gasteiger partial charge in [0.15, 0.2) is 5.82 Å². The van der Waals surface area contributed by atoms with Gasteiger partial charge in [-0.3, -0.25) is 9.89 Å². The Kier molecular flexibility index (Phi) is 4.33. The van der Waals surface area contributed by atoms with Crippen LogP contribution < -0.4 is 0 Å². The fourth-order valence-electron chi connectivity index (χ4n) is 4.68. The van der Waals surface area contributed by atoms with Gasteiger partial charge in [0.25, 0.3) is 0 Å². The number of rotatable bonds is 5. The first-order valence-corrected chi connectivity index (χ1v) is 11.0. The van der Waals surface area contributed by atoms with Gasteiger partial charge in [0.1, 0.15) is 6.33 Å². The van der Waals surface area contributed by atoms with E-state index in [1.807, 2.05) is 18.3 Å². The molecule has 2 aromatic heterocycles. The third-order valence-electron chi connectivity index (χ3n) is 6.53. The predicted octanol–water partition coefficient (Wildman–Crippen LogP) is 3.75. The van der Waals surface area contributed by atoms with Gasteiger partial charge < -0.3 is 9.47 Å². The van der Waals surface area contributed by atoms with Gasteiger partial charge in [0.2, 0.25) is 5.91 Å². The summed E-state index contributed by atoms with van der Waals surface area (Å²) in [4.78, 5) is 14.4. The Morgan fingerprint density at radius 2 is 1.90 bits per heavy atom. The van der Waals surface area contributed by atoms with Crippen molar-refractivity contribution in [1.82, 2.24) is 29.9 Å². The van der Waals surface area contributed by atoms with E-state index in [0.717, 1.165) is 72.3 Å². The number of likely N-dealkylation sites (tertiary alicyclic amines) is 1. The van der Waals surface area contributed by atoms with Gasteiger partial charge >= 0.3 is 0 Å². The minimum absolute atomic E-state index is 0.302. The zero-order valence-electron chi connectivity index (χ0n) is 17.2. The summed E-state index contributed by atoms with van der Waals surface area (Å²) >= 11 is 0. The molecular formula is C24H24N6O. The largest absolute Gasteiger partial charge is 0.342 e. The van der Waals surface area contributed by atoms with Crippen LogP contribution in [0, 0.1) is 11.8 Å². The molecule has 1 amide bonds. The zero-order valence-corrected chi connectivity index (χ0v) is 17.2. The third kappa shape index (κ3) is 3.40. The Morgan fingerprint density at radius 3 is 2.74 bits per heavy atom. The standard InChI is InChI=1S/C24H24N6O/c31-24(19-8-9-19)29-11-10-16(13-29)14-30-15-26-28-23(30)18-6-4-17(5-7-18)20-2-1-3-22-21(20)12-25-27-22/h1-7,12,15-16,19H,8-11,13-14H2,(H,25,27)/t16-/m0/s1. The second kappa shape index (κ2) is 7.34. The van der Waals surface area contributed by atoms with Gasteiger partial charge in [-0.1, -0.05) is 36.4 Å². The highest BCUT2D eigenvalue weighted by atomic mass is 16.2. The normalized spacial score (nSPS) is 18.7. The van der Waals surface area contributed by atoms with Gasteiger partial charge in [-0.15, -0.1) is 10.2 Å². The SMILES string of the molecule is O=C(C1CC1)N1CC[C@H](Cn2cnnc2-c2ccc(-c3cccc4[nH]ncc34)cc2)C1. The highest BCUT2D eigenvalue weighted by molar-refractivity contribution is 5.94. The number of amides is 1. The van der Waals surface area contributed by atoms with Crippen LogP contribution in [0.1, 0.15) is 19.3 Å². The maximum atomic E-state index is 12.3. The van der Waals surface area contributed by atoms with Crippen molar-refractivity contribution < 1.29 is 4.79 Å². The molecule has 3 heterocycles. The van der Waals surface area contributed by atoms with Gasteiger partial charge in [0.05, 0.1) is 11.7 Å². The van der Waals surface area contributed by atoms with E-state index in [-0.39, 0.29) is 0 Å². The van der Waals surface area contributed by atoms with Gasteiger partial charge in [-0.2, -0.15) is 5.10 Å². The summed E-state index contributed by atoms with van der Waals surface area (Å²) in [6.45, 7) is 2.57. The molecule has 1 saturated heterocycles. The summed E-state index contributed by atoms with van der Waals surface area (Å²) in [7, 11) is 0. The van der Waals surface area contributed by atoms with Crippen molar-refractivity contribution in [3.05, 3.63) is 55.0 Å². The summed E-state index contributed by atoms with van der Waals surface area (Å²) in [5.74, 6) is 1.99. The minimum Gasteiger partial charge on any atom is -0.342 e. The number of aromatic amines is 1.